The molecule has 2 rings (SSSR count). The maximum atomic E-state index is 11.1. The predicted molar refractivity (Wildman–Crippen MR) is 67.8 cm³/mol. The van der Waals surface area contributed by atoms with Crippen molar-refractivity contribution in [2.45, 2.75) is 32.5 Å². The van der Waals surface area contributed by atoms with Crippen LogP contribution in [0.4, 0.5) is 0 Å². The number of hydrogen-bond acceptors (Lipinski definition) is 4. The van der Waals surface area contributed by atoms with Crippen molar-refractivity contribution in [2.75, 3.05) is 0 Å². The zero-order valence-corrected chi connectivity index (χ0v) is 11.7. The molecule has 0 radical (unpaired) electrons. The summed E-state index contributed by atoms with van der Waals surface area (Å²) in [4.78, 5) is 22.1. The molecule has 0 fully saturated rings. The second-order valence-corrected chi connectivity index (χ2v) is 5.12. The Morgan fingerprint density at radius 3 is 2.22 bits per heavy atom. The van der Waals surface area contributed by atoms with Gasteiger partial charge in [-0.1, -0.05) is 22.0 Å². The van der Waals surface area contributed by atoms with E-state index in [1.165, 1.54) is 13.8 Å². The first-order chi connectivity index (χ1) is 8.47. The summed E-state index contributed by atoms with van der Waals surface area (Å²) in [5.41, 5.74) is 1.80. The molecule has 1 aliphatic rings. The van der Waals surface area contributed by atoms with Crippen molar-refractivity contribution in [1.29, 1.82) is 0 Å². The van der Waals surface area contributed by atoms with E-state index in [1.54, 1.807) is 0 Å². The Labute approximate surface area is 113 Å². The highest BCUT2D eigenvalue weighted by molar-refractivity contribution is 9.10. The fraction of sp³-hybridized carbons (Fsp3) is 0.385. The summed E-state index contributed by atoms with van der Waals surface area (Å²) in [6.07, 6.45) is -0.209. The van der Waals surface area contributed by atoms with E-state index in [0.29, 0.717) is 6.42 Å². The van der Waals surface area contributed by atoms with Crippen molar-refractivity contribution in [3.63, 3.8) is 0 Å². The molecule has 1 aromatic carbocycles. The van der Waals surface area contributed by atoms with Crippen LogP contribution in [0.2, 0.25) is 0 Å². The second-order valence-electron chi connectivity index (χ2n) is 4.21. The van der Waals surface area contributed by atoms with E-state index in [1.807, 2.05) is 18.2 Å². The molecule has 0 amide bonds. The maximum absolute atomic E-state index is 11.1. The molecule has 0 aliphatic heterocycles. The number of rotatable bonds is 2. The fourth-order valence-corrected chi connectivity index (χ4v) is 2.57. The Kier molecular flexibility index (Phi) is 3.71. The van der Waals surface area contributed by atoms with E-state index in [4.69, 9.17) is 9.47 Å². The third-order valence-electron chi connectivity index (χ3n) is 2.79. The first kappa shape index (κ1) is 13.1. The summed E-state index contributed by atoms with van der Waals surface area (Å²) < 4.78 is 11.4. The lowest BCUT2D eigenvalue weighted by atomic mass is 10.1. The second kappa shape index (κ2) is 5.10. The third kappa shape index (κ3) is 2.72. The topological polar surface area (TPSA) is 52.6 Å². The van der Waals surface area contributed by atoms with Gasteiger partial charge >= 0.3 is 11.9 Å². The summed E-state index contributed by atoms with van der Waals surface area (Å²) >= 11 is 3.38. The minimum absolute atomic E-state index is 0.336. The molecule has 0 saturated carbocycles. The number of carbonyl (C=O) groups is 2. The van der Waals surface area contributed by atoms with Gasteiger partial charge in [0.1, 0.15) is 12.2 Å². The van der Waals surface area contributed by atoms with Crippen molar-refractivity contribution in [3.8, 4) is 0 Å². The lowest BCUT2D eigenvalue weighted by molar-refractivity contribution is -0.151. The van der Waals surface area contributed by atoms with Crippen molar-refractivity contribution in [1.82, 2.24) is 0 Å². The standard InChI is InChI=1S/C13H13BrO4/c1-7(15)17-12-6-13(18-8(2)16)11-5-9(14)3-4-10(11)12/h3-5,12-13H,6H2,1-2H3. The van der Waals surface area contributed by atoms with Crippen LogP contribution < -0.4 is 0 Å². The van der Waals surface area contributed by atoms with Crippen LogP contribution in [0.25, 0.3) is 0 Å². The Hall–Kier alpha value is -1.36. The molecule has 0 saturated heterocycles. The van der Waals surface area contributed by atoms with Gasteiger partial charge in [-0.2, -0.15) is 0 Å². The zero-order valence-electron chi connectivity index (χ0n) is 10.1. The van der Waals surface area contributed by atoms with E-state index in [0.717, 1.165) is 15.6 Å². The monoisotopic (exact) mass is 312 g/mol. The van der Waals surface area contributed by atoms with Crippen molar-refractivity contribution < 1.29 is 19.1 Å². The summed E-state index contributed by atoms with van der Waals surface area (Å²) in [7, 11) is 0. The maximum Gasteiger partial charge on any atom is 0.303 e. The highest BCUT2D eigenvalue weighted by Gasteiger charge is 2.35. The molecular formula is C13H13BrO4. The lowest BCUT2D eigenvalue weighted by Crippen LogP contribution is -2.07. The largest absolute Gasteiger partial charge is 0.457 e. The van der Waals surface area contributed by atoms with Gasteiger partial charge < -0.3 is 9.47 Å². The molecule has 1 aromatic rings. The summed E-state index contributed by atoms with van der Waals surface area (Å²) in [5.74, 6) is -0.674. The minimum atomic E-state index is -0.348. The van der Waals surface area contributed by atoms with Gasteiger partial charge in [0.05, 0.1) is 0 Å². The molecule has 4 nitrogen and oxygen atoms in total. The van der Waals surface area contributed by atoms with E-state index in [2.05, 4.69) is 15.9 Å². The smallest absolute Gasteiger partial charge is 0.303 e. The Morgan fingerprint density at radius 1 is 1.11 bits per heavy atom. The van der Waals surface area contributed by atoms with Crippen LogP contribution in [0.5, 0.6) is 0 Å². The van der Waals surface area contributed by atoms with E-state index in [-0.39, 0.29) is 24.1 Å². The average molecular weight is 313 g/mol. The molecule has 0 aromatic heterocycles. The number of hydrogen-bond donors (Lipinski definition) is 0. The molecule has 18 heavy (non-hydrogen) atoms. The van der Waals surface area contributed by atoms with Gasteiger partial charge in [0.15, 0.2) is 0 Å². The molecule has 5 heteroatoms. The average Bonchev–Trinajstić information content (AvgIpc) is 2.54. The molecule has 0 spiro atoms. The van der Waals surface area contributed by atoms with Crippen LogP contribution in [-0.2, 0) is 19.1 Å². The van der Waals surface area contributed by atoms with Gasteiger partial charge in [0, 0.05) is 30.3 Å². The number of carbonyl (C=O) groups excluding carboxylic acids is 2. The van der Waals surface area contributed by atoms with Crippen molar-refractivity contribution >= 4 is 27.9 Å². The molecule has 2 unspecified atom stereocenters. The summed E-state index contributed by atoms with van der Waals surface area (Å²) in [5, 5.41) is 0. The summed E-state index contributed by atoms with van der Waals surface area (Å²) in [6, 6.07) is 5.66. The van der Waals surface area contributed by atoms with Crippen molar-refractivity contribution in [2.24, 2.45) is 0 Å². The van der Waals surface area contributed by atoms with Gasteiger partial charge in [-0.05, 0) is 17.7 Å². The van der Waals surface area contributed by atoms with Crippen LogP contribution in [0.1, 0.15) is 43.6 Å². The van der Waals surface area contributed by atoms with Gasteiger partial charge in [-0.25, -0.2) is 0 Å². The number of halogens is 1. The lowest BCUT2D eigenvalue weighted by Gasteiger charge is -2.12. The molecule has 0 bridgehead atoms. The van der Waals surface area contributed by atoms with Gasteiger partial charge in [0.2, 0.25) is 0 Å². The number of ether oxygens (including phenoxy) is 2. The third-order valence-corrected chi connectivity index (χ3v) is 3.28. The predicted octanol–water partition coefficient (Wildman–Crippen LogP) is 3.06. The number of fused-ring (bicyclic) bond motifs is 1. The van der Waals surface area contributed by atoms with E-state index in [9.17, 15) is 9.59 Å². The van der Waals surface area contributed by atoms with E-state index < -0.39 is 0 Å². The molecular weight excluding hydrogens is 300 g/mol. The van der Waals surface area contributed by atoms with Gasteiger partial charge in [0.25, 0.3) is 0 Å². The number of benzene rings is 1. The van der Waals surface area contributed by atoms with Crippen LogP contribution >= 0.6 is 15.9 Å². The SMILES string of the molecule is CC(=O)OC1CC(OC(C)=O)c2cc(Br)ccc21. The minimum Gasteiger partial charge on any atom is -0.457 e. The van der Waals surface area contributed by atoms with Crippen LogP contribution in [-0.4, -0.2) is 11.9 Å². The van der Waals surface area contributed by atoms with Crippen LogP contribution in [0.3, 0.4) is 0 Å². The quantitative estimate of drug-likeness (QED) is 0.788. The molecule has 2 atom stereocenters. The van der Waals surface area contributed by atoms with Crippen LogP contribution in [0.15, 0.2) is 22.7 Å². The van der Waals surface area contributed by atoms with Crippen molar-refractivity contribution in [3.05, 3.63) is 33.8 Å². The Balaban J connectivity index is 2.32. The normalized spacial score (nSPS) is 21.3. The Morgan fingerprint density at radius 2 is 1.67 bits per heavy atom. The number of esters is 2. The highest BCUT2D eigenvalue weighted by Crippen LogP contribution is 2.44. The first-order valence-electron chi connectivity index (χ1n) is 5.61. The Bertz CT molecular complexity index is 498. The van der Waals surface area contributed by atoms with Gasteiger partial charge in [-0.3, -0.25) is 9.59 Å². The van der Waals surface area contributed by atoms with Gasteiger partial charge in [-0.15, -0.1) is 0 Å². The van der Waals surface area contributed by atoms with Crippen LogP contribution in [0, 0.1) is 0 Å². The zero-order chi connectivity index (χ0) is 13.3. The fourth-order valence-electron chi connectivity index (χ4n) is 2.19. The summed E-state index contributed by atoms with van der Waals surface area (Å²) in [6.45, 7) is 2.74. The molecule has 96 valence electrons. The van der Waals surface area contributed by atoms with E-state index >= 15 is 0 Å². The highest BCUT2D eigenvalue weighted by atomic mass is 79.9. The first-order valence-corrected chi connectivity index (χ1v) is 6.40. The molecule has 0 N–H and O–H groups in total. The molecule has 0 heterocycles. The molecule has 1 aliphatic carbocycles.